The van der Waals surface area contributed by atoms with Crippen molar-refractivity contribution >= 4 is 22.2 Å². The monoisotopic (exact) mass is 370 g/mol. The molecule has 0 saturated heterocycles. The largest absolute Gasteiger partial charge is 0.264 e. The minimum atomic E-state index is 0.764. The van der Waals surface area contributed by atoms with Gasteiger partial charge in [0.1, 0.15) is 0 Å². The van der Waals surface area contributed by atoms with Crippen LogP contribution in [0.1, 0.15) is 12.5 Å². The van der Waals surface area contributed by atoms with E-state index in [1.807, 2.05) is 30.5 Å². The van der Waals surface area contributed by atoms with Gasteiger partial charge in [0.25, 0.3) is 0 Å². The summed E-state index contributed by atoms with van der Waals surface area (Å²) in [7, 11) is 0. The minimum Gasteiger partial charge on any atom is -0.264 e. The average molecular weight is 370 g/mol. The second kappa shape index (κ2) is 7.93. The Bertz CT molecular complexity index is 1040. The van der Waals surface area contributed by atoms with Crippen LogP contribution in [-0.4, -0.2) is 15.7 Å². The maximum atomic E-state index is 4.63. The summed E-state index contributed by atoms with van der Waals surface area (Å²) in [5, 5.41) is 7.20. The lowest BCUT2D eigenvalue weighted by Gasteiger charge is -2.03. The van der Waals surface area contributed by atoms with Crippen LogP contribution in [0, 0.1) is 0 Å². The first-order chi connectivity index (χ1) is 13.3. The summed E-state index contributed by atoms with van der Waals surface area (Å²) >= 11 is 1.54. The Hall–Kier alpha value is -3.31. The molecule has 4 aromatic rings. The number of thiazole rings is 1. The standard InChI is InChI=1S/C22H18N4S/c1-16(20-8-5-13-23-14-20)25-26-22-24-21(15-27-22)19-11-9-18(10-12-19)17-6-3-2-4-7-17/h2-15H,1H3,(H,24,26)/b25-16+. The summed E-state index contributed by atoms with van der Waals surface area (Å²) in [5.41, 5.74) is 9.33. The zero-order chi connectivity index (χ0) is 18.5. The van der Waals surface area contributed by atoms with Gasteiger partial charge < -0.3 is 0 Å². The number of nitrogens with one attached hydrogen (secondary N) is 1. The molecule has 0 amide bonds. The van der Waals surface area contributed by atoms with Gasteiger partial charge in [0.15, 0.2) is 0 Å². The van der Waals surface area contributed by atoms with Crippen LogP contribution in [0.5, 0.6) is 0 Å². The van der Waals surface area contributed by atoms with E-state index in [0.29, 0.717) is 0 Å². The number of benzene rings is 2. The third-order valence-corrected chi connectivity index (χ3v) is 4.94. The maximum Gasteiger partial charge on any atom is 0.203 e. The lowest BCUT2D eigenvalue weighted by molar-refractivity contribution is 1.26. The molecule has 5 heteroatoms. The highest BCUT2D eigenvalue weighted by molar-refractivity contribution is 7.14. The molecule has 0 bridgehead atoms. The van der Waals surface area contributed by atoms with Crippen LogP contribution in [0.25, 0.3) is 22.4 Å². The predicted molar refractivity (Wildman–Crippen MR) is 113 cm³/mol. The number of hydrogen-bond acceptors (Lipinski definition) is 5. The molecule has 4 rings (SSSR count). The van der Waals surface area contributed by atoms with E-state index in [1.54, 1.807) is 12.4 Å². The zero-order valence-electron chi connectivity index (χ0n) is 14.8. The molecule has 0 spiro atoms. The molecule has 0 radical (unpaired) electrons. The van der Waals surface area contributed by atoms with E-state index in [2.05, 4.69) is 69.0 Å². The third-order valence-electron chi connectivity index (χ3n) is 4.19. The molecule has 2 heterocycles. The van der Waals surface area contributed by atoms with Crippen molar-refractivity contribution in [3.63, 3.8) is 0 Å². The Kier molecular flexibility index (Phi) is 5.03. The van der Waals surface area contributed by atoms with Crippen molar-refractivity contribution in [2.75, 3.05) is 5.43 Å². The van der Waals surface area contributed by atoms with Gasteiger partial charge >= 0.3 is 0 Å². The summed E-state index contributed by atoms with van der Waals surface area (Å²) in [6.07, 6.45) is 3.54. The van der Waals surface area contributed by atoms with Gasteiger partial charge in [-0.2, -0.15) is 5.10 Å². The van der Waals surface area contributed by atoms with Gasteiger partial charge in [-0.1, -0.05) is 60.7 Å². The first-order valence-corrected chi connectivity index (χ1v) is 9.50. The zero-order valence-corrected chi connectivity index (χ0v) is 15.6. The SMILES string of the molecule is C/C(=N\Nc1nc(-c2ccc(-c3ccccc3)cc2)cs1)c1cccnc1. The summed E-state index contributed by atoms with van der Waals surface area (Å²) in [6, 6.07) is 22.7. The molecule has 2 aromatic carbocycles. The van der Waals surface area contributed by atoms with E-state index < -0.39 is 0 Å². The average Bonchev–Trinajstić information content (AvgIpc) is 3.22. The quantitative estimate of drug-likeness (QED) is 0.362. The van der Waals surface area contributed by atoms with E-state index in [1.165, 1.54) is 22.5 Å². The maximum absolute atomic E-state index is 4.63. The number of aromatic nitrogens is 2. The number of rotatable bonds is 5. The first-order valence-electron chi connectivity index (χ1n) is 8.62. The number of nitrogens with zero attached hydrogens (tertiary/aromatic N) is 3. The van der Waals surface area contributed by atoms with Crippen molar-refractivity contribution in [3.8, 4) is 22.4 Å². The van der Waals surface area contributed by atoms with Crippen molar-refractivity contribution in [1.82, 2.24) is 9.97 Å². The molecule has 27 heavy (non-hydrogen) atoms. The Morgan fingerprint density at radius 2 is 1.63 bits per heavy atom. The van der Waals surface area contributed by atoms with Gasteiger partial charge in [-0.3, -0.25) is 10.4 Å². The number of pyridine rings is 1. The van der Waals surface area contributed by atoms with Crippen molar-refractivity contribution in [1.29, 1.82) is 0 Å². The van der Waals surface area contributed by atoms with Gasteiger partial charge in [-0.25, -0.2) is 4.98 Å². The number of anilines is 1. The second-order valence-corrected chi connectivity index (χ2v) is 6.89. The van der Waals surface area contributed by atoms with Gasteiger partial charge in [0.05, 0.1) is 11.4 Å². The van der Waals surface area contributed by atoms with Crippen LogP contribution < -0.4 is 5.43 Å². The molecular weight excluding hydrogens is 352 g/mol. The van der Waals surface area contributed by atoms with Crippen LogP contribution >= 0.6 is 11.3 Å². The van der Waals surface area contributed by atoms with E-state index >= 15 is 0 Å². The Morgan fingerprint density at radius 3 is 2.37 bits per heavy atom. The van der Waals surface area contributed by atoms with Gasteiger partial charge in [-0.05, 0) is 24.1 Å². The van der Waals surface area contributed by atoms with Crippen molar-refractivity contribution in [3.05, 3.63) is 90.1 Å². The molecule has 0 atom stereocenters. The molecule has 0 fully saturated rings. The molecular formula is C22H18N4S. The highest BCUT2D eigenvalue weighted by Crippen LogP contribution is 2.27. The van der Waals surface area contributed by atoms with Crippen LogP contribution in [0.2, 0.25) is 0 Å². The molecule has 0 aliphatic carbocycles. The van der Waals surface area contributed by atoms with Crippen LogP contribution in [0.15, 0.2) is 89.6 Å². The molecule has 0 unspecified atom stereocenters. The Morgan fingerprint density at radius 1 is 0.889 bits per heavy atom. The van der Waals surface area contributed by atoms with E-state index in [-0.39, 0.29) is 0 Å². The fraction of sp³-hybridized carbons (Fsp3) is 0.0455. The highest BCUT2D eigenvalue weighted by atomic mass is 32.1. The van der Waals surface area contributed by atoms with Crippen LogP contribution in [0.4, 0.5) is 5.13 Å². The molecule has 0 aliphatic rings. The van der Waals surface area contributed by atoms with Gasteiger partial charge in [-0.15, -0.1) is 11.3 Å². The topological polar surface area (TPSA) is 50.2 Å². The van der Waals surface area contributed by atoms with E-state index in [9.17, 15) is 0 Å². The predicted octanol–water partition coefficient (Wildman–Crippen LogP) is 5.71. The van der Waals surface area contributed by atoms with Crippen molar-refractivity contribution < 1.29 is 0 Å². The Balaban J connectivity index is 1.48. The fourth-order valence-corrected chi connectivity index (χ4v) is 3.36. The van der Waals surface area contributed by atoms with Crippen LogP contribution in [0.3, 0.4) is 0 Å². The summed E-state index contributed by atoms with van der Waals surface area (Å²) < 4.78 is 0. The second-order valence-electron chi connectivity index (χ2n) is 6.03. The first kappa shape index (κ1) is 17.1. The van der Waals surface area contributed by atoms with Crippen molar-refractivity contribution in [2.24, 2.45) is 5.10 Å². The molecule has 2 aromatic heterocycles. The molecule has 1 N–H and O–H groups in total. The normalized spacial score (nSPS) is 11.4. The molecule has 0 aliphatic heterocycles. The lowest BCUT2D eigenvalue weighted by Crippen LogP contribution is -1.99. The smallest absolute Gasteiger partial charge is 0.203 e. The van der Waals surface area contributed by atoms with Crippen LogP contribution in [-0.2, 0) is 0 Å². The summed E-state index contributed by atoms with van der Waals surface area (Å²) in [6.45, 7) is 1.95. The highest BCUT2D eigenvalue weighted by Gasteiger charge is 2.05. The minimum absolute atomic E-state index is 0.764. The number of hydrazone groups is 1. The lowest BCUT2D eigenvalue weighted by atomic mass is 10.0. The molecule has 0 saturated carbocycles. The van der Waals surface area contributed by atoms with Gasteiger partial charge in [0.2, 0.25) is 5.13 Å². The van der Waals surface area contributed by atoms with Crippen molar-refractivity contribution in [2.45, 2.75) is 6.92 Å². The Labute approximate surface area is 162 Å². The molecule has 132 valence electrons. The fourth-order valence-electron chi connectivity index (χ4n) is 2.69. The van der Waals surface area contributed by atoms with E-state index in [4.69, 9.17) is 0 Å². The molecule has 4 nitrogen and oxygen atoms in total. The number of hydrogen-bond donors (Lipinski definition) is 1. The summed E-state index contributed by atoms with van der Waals surface area (Å²) in [5.74, 6) is 0. The summed E-state index contributed by atoms with van der Waals surface area (Å²) in [4.78, 5) is 8.75. The van der Waals surface area contributed by atoms with E-state index in [0.717, 1.165) is 27.7 Å². The third kappa shape index (κ3) is 4.10. The van der Waals surface area contributed by atoms with Gasteiger partial charge in [0, 0.05) is 28.9 Å².